The molecule has 2 rings (SSSR count). The van der Waals surface area contributed by atoms with E-state index >= 15 is 0 Å². The van der Waals surface area contributed by atoms with Gasteiger partial charge in [-0.2, -0.15) is 0 Å². The van der Waals surface area contributed by atoms with Gasteiger partial charge in [0, 0.05) is 6.54 Å². The molecule has 5 heteroatoms. The third-order valence-electron chi connectivity index (χ3n) is 4.87. The number of hydrogen-bond acceptors (Lipinski definition) is 5. The molecule has 0 bridgehead atoms. The normalized spacial score (nSPS) is 17.3. The Hall–Kier alpha value is -1.59. The summed E-state index contributed by atoms with van der Waals surface area (Å²) in [5.41, 5.74) is 3.48. The summed E-state index contributed by atoms with van der Waals surface area (Å²) in [6, 6.07) is 4.15. The summed E-state index contributed by atoms with van der Waals surface area (Å²) >= 11 is 0. The summed E-state index contributed by atoms with van der Waals surface area (Å²) in [5.74, 6) is 0.761. The summed E-state index contributed by atoms with van der Waals surface area (Å²) in [6.45, 7) is 10.9. The lowest BCUT2D eigenvalue weighted by Crippen LogP contribution is -2.42. The van der Waals surface area contributed by atoms with Crippen LogP contribution in [0.15, 0.2) is 12.1 Å². The number of carbonyl (C=O) groups is 1. The topological polar surface area (TPSA) is 59.0 Å². The third kappa shape index (κ3) is 5.72. The smallest absolute Gasteiger partial charge is 0.309 e. The number of benzene rings is 1. The molecule has 1 aromatic rings. The van der Waals surface area contributed by atoms with E-state index in [2.05, 4.69) is 17.9 Å². The molecule has 1 heterocycles. The van der Waals surface area contributed by atoms with Gasteiger partial charge in [0.2, 0.25) is 0 Å². The van der Waals surface area contributed by atoms with Gasteiger partial charge in [-0.1, -0.05) is 6.07 Å². The zero-order valence-electron chi connectivity index (χ0n) is 15.9. The molecule has 25 heavy (non-hydrogen) atoms. The zero-order valence-corrected chi connectivity index (χ0v) is 15.9. The van der Waals surface area contributed by atoms with E-state index in [1.165, 1.54) is 5.56 Å². The average molecular weight is 349 g/mol. The van der Waals surface area contributed by atoms with Crippen molar-refractivity contribution in [2.24, 2.45) is 5.92 Å². The molecule has 0 spiro atoms. The van der Waals surface area contributed by atoms with Crippen molar-refractivity contribution in [1.82, 2.24) is 4.90 Å². The van der Waals surface area contributed by atoms with Crippen molar-refractivity contribution >= 4 is 5.97 Å². The number of aliphatic hydroxyl groups is 1. The number of piperidine rings is 1. The first kappa shape index (κ1) is 19.7. The molecule has 1 unspecified atom stereocenters. The minimum atomic E-state index is -0.542. The largest absolute Gasteiger partial charge is 0.491 e. The first-order chi connectivity index (χ1) is 11.9. The van der Waals surface area contributed by atoms with Gasteiger partial charge in [0.1, 0.15) is 18.5 Å². The number of carbonyl (C=O) groups excluding carboxylic acids is 1. The number of aryl methyl sites for hydroxylation is 2. The molecule has 1 aliphatic heterocycles. The molecule has 1 aliphatic rings. The van der Waals surface area contributed by atoms with Crippen molar-refractivity contribution in [3.8, 4) is 5.75 Å². The number of esters is 1. The summed E-state index contributed by atoms with van der Waals surface area (Å²) in [7, 11) is 0. The molecule has 0 amide bonds. The van der Waals surface area contributed by atoms with E-state index in [1.807, 2.05) is 26.8 Å². The van der Waals surface area contributed by atoms with Gasteiger partial charge in [0.05, 0.1) is 12.5 Å². The minimum absolute atomic E-state index is 0.00233. The van der Waals surface area contributed by atoms with Crippen LogP contribution in [0, 0.1) is 26.7 Å². The van der Waals surface area contributed by atoms with Crippen molar-refractivity contribution in [2.75, 3.05) is 32.8 Å². The Balaban J connectivity index is 1.76. The monoisotopic (exact) mass is 349 g/mol. The fraction of sp³-hybridized carbons (Fsp3) is 0.650. The maximum absolute atomic E-state index is 11.8. The average Bonchev–Trinajstić information content (AvgIpc) is 2.57. The van der Waals surface area contributed by atoms with Crippen LogP contribution in [0.4, 0.5) is 0 Å². The molecular formula is C20H31NO4. The number of rotatable bonds is 7. The lowest BCUT2D eigenvalue weighted by atomic mass is 9.97. The fourth-order valence-corrected chi connectivity index (χ4v) is 3.30. The highest BCUT2D eigenvalue weighted by Crippen LogP contribution is 2.24. The van der Waals surface area contributed by atoms with E-state index in [0.29, 0.717) is 13.2 Å². The van der Waals surface area contributed by atoms with Crippen molar-refractivity contribution in [3.63, 3.8) is 0 Å². The number of nitrogens with zero attached hydrogens (tertiary/aromatic N) is 1. The van der Waals surface area contributed by atoms with Crippen LogP contribution in [0.1, 0.15) is 36.5 Å². The van der Waals surface area contributed by atoms with Crippen molar-refractivity contribution in [3.05, 3.63) is 28.8 Å². The van der Waals surface area contributed by atoms with E-state index < -0.39 is 6.10 Å². The van der Waals surface area contributed by atoms with Crippen LogP contribution in [-0.4, -0.2) is 54.9 Å². The number of ether oxygens (including phenoxy) is 2. The van der Waals surface area contributed by atoms with E-state index in [1.54, 1.807) is 0 Å². The molecule has 1 atom stereocenters. The highest BCUT2D eigenvalue weighted by atomic mass is 16.5. The summed E-state index contributed by atoms with van der Waals surface area (Å²) in [6.07, 6.45) is 1.05. The molecule has 0 aromatic heterocycles. The van der Waals surface area contributed by atoms with Gasteiger partial charge in [0.15, 0.2) is 0 Å². The van der Waals surface area contributed by atoms with Crippen LogP contribution in [0.3, 0.4) is 0 Å². The quantitative estimate of drug-likeness (QED) is 0.767. The molecule has 0 saturated carbocycles. The molecular weight excluding hydrogens is 318 g/mol. The molecule has 5 nitrogen and oxygen atoms in total. The molecule has 1 N–H and O–H groups in total. The SMILES string of the molecule is CCOC(=O)C1CCN(CC(O)COc2cc(C)cc(C)c2C)CC1. The van der Waals surface area contributed by atoms with Crippen LogP contribution in [-0.2, 0) is 9.53 Å². The Labute approximate surface area is 150 Å². The Morgan fingerprint density at radius 3 is 2.60 bits per heavy atom. The lowest BCUT2D eigenvalue weighted by molar-refractivity contribution is -0.149. The van der Waals surface area contributed by atoms with Crippen LogP contribution < -0.4 is 4.74 Å². The predicted octanol–water partition coefficient (Wildman–Crippen LogP) is 2.63. The first-order valence-electron chi connectivity index (χ1n) is 9.18. The summed E-state index contributed by atoms with van der Waals surface area (Å²) < 4.78 is 10.9. The second-order valence-corrected chi connectivity index (χ2v) is 7.00. The zero-order chi connectivity index (χ0) is 18.4. The molecule has 1 aromatic carbocycles. The number of β-amino-alcohol motifs (C(OH)–C–C–N with tert-alkyl or cyclic N) is 1. The van der Waals surface area contributed by atoms with Gasteiger partial charge in [-0.15, -0.1) is 0 Å². The van der Waals surface area contributed by atoms with Crippen LogP contribution in [0.5, 0.6) is 5.75 Å². The summed E-state index contributed by atoms with van der Waals surface area (Å²) in [5, 5.41) is 10.3. The Kier molecular flexibility index (Phi) is 7.26. The number of aliphatic hydroxyl groups excluding tert-OH is 1. The first-order valence-corrected chi connectivity index (χ1v) is 9.18. The fourth-order valence-electron chi connectivity index (χ4n) is 3.30. The van der Waals surface area contributed by atoms with Crippen molar-refractivity contribution < 1.29 is 19.4 Å². The van der Waals surface area contributed by atoms with Crippen molar-refractivity contribution in [1.29, 1.82) is 0 Å². The van der Waals surface area contributed by atoms with Crippen LogP contribution in [0.25, 0.3) is 0 Å². The maximum Gasteiger partial charge on any atom is 0.309 e. The highest BCUT2D eigenvalue weighted by molar-refractivity contribution is 5.72. The maximum atomic E-state index is 11.8. The van der Waals surface area contributed by atoms with Gasteiger partial charge in [-0.3, -0.25) is 4.79 Å². The standard InChI is InChI=1S/C20H31NO4/c1-5-24-20(23)17-6-8-21(9-7-17)12-18(22)13-25-19-11-14(2)10-15(3)16(19)4/h10-11,17-18,22H,5-9,12-13H2,1-4H3. The van der Waals surface area contributed by atoms with Gasteiger partial charge in [0.25, 0.3) is 0 Å². The van der Waals surface area contributed by atoms with Crippen molar-refractivity contribution in [2.45, 2.75) is 46.6 Å². The highest BCUT2D eigenvalue weighted by Gasteiger charge is 2.26. The molecule has 140 valence electrons. The minimum Gasteiger partial charge on any atom is -0.491 e. The lowest BCUT2D eigenvalue weighted by Gasteiger charge is -2.32. The van der Waals surface area contributed by atoms with Gasteiger partial charge < -0.3 is 19.5 Å². The van der Waals surface area contributed by atoms with Gasteiger partial charge in [-0.05, 0) is 76.4 Å². The second kappa shape index (κ2) is 9.20. The number of hydrogen-bond donors (Lipinski definition) is 1. The Morgan fingerprint density at radius 2 is 1.96 bits per heavy atom. The number of likely N-dealkylation sites (tertiary alicyclic amines) is 1. The molecule has 1 fully saturated rings. The van der Waals surface area contributed by atoms with E-state index in [-0.39, 0.29) is 18.5 Å². The molecule has 0 radical (unpaired) electrons. The second-order valence-electron chi connectivity index (χ2n) is 7.00. The van der Waals surface area contributed by atoms with Gasteiger partial charge in [-0.25, -0.2) is 0 Å². The third-order valence-corrected chi connectivity index (χ3v) is 4.87. The van der Waals surface area contributed by atoms with Crippen LogP contribution >= 0.6 is 0 Å². The Morgan fingerprint density at radius 1 is 1.28 bits per heavy atom. The Bertz CT molecular complexity index is 579. The molecule has 1 saturated heterocycles. The van der Waals surface area contributed by atoms with Crippen LogP contribution in [0.2, 0.25) is 0 Å². The van der Waals surface area contributed by atoms with E-state index in [9.17, 15) is 9.90 Å². The summed E-state index contributed by atoms with van der Waals surface area (Å²) in [4.78, 5) is 14.0. The van der Waals surface area contributed by atoms with Gasteiger partial charge >= 0.3 is 5.97 Å². The van der Waals surface area contributed by atoms with E-state index in [0.717, 1.165) is 42.8 Å². The van der Waals surface area contributed by atoms with E-state index in [4.69, 9.17) is 9.47 Å². The molecule has 0 aliphatic carbocycles. The predicted molar refractivity (Wildman–Crippen MR) is 98.0 cm³/mol.